The molecule has 1 aromatic heterocycles. The molecule has 1 heterocycles. The molecule has 1 amide bonds. The van der Waals surface area contributed by atoms with Crippen LogP contribution < -0.4 is 15.4 Å². The topological polar surface area (TPSA) is 127 Å². The van der Waals surface area contributed by atoms with Crippen LogP contribution in [0.25, 0.3) is 0 Å². The quantitative estimate of drug-likeness (QED) is 0.355. The van der Waals surface area contributed by atoms with Crippen LogP contribution in [0.5, 0.6) is 11.6 Å². The van der Waals surface area contributed by atoms with E-state index in [4.69, 9.17) is 9.84 Å². The molecule has 3 aromatic rings. The Morgan fingerprint density at radius 1 is 1.06 bits per heavy atom. The lowest BCUT2D eigenvalue weighted by Crippen LogP contribution is -2.50. The SMILES string of the molecule is O=C(O)NC1(c2ccc(Nc3nc(Oc4ccccc4)ccc3[N+](=O)[O-])cc2)CCC1. The van der Waals surface area contributed by atoms with E-state index in [-0.39, 0.29) is 17.4 Å². The molecule has 9 nitrogen and oxygen atoms in total. The maximum Gasteiger partial charge on any atom is 0.405 e. The van der Waals surface area contributed by atoms with E-state index in [9.17, 15) is 14.9 Å². The van der Waals surface area contributed by atoms with Gasteiger partial charge in [0.15, 0.2) is 0 Å². The summed E-state index contributed by atoms with van der Waals surface area (Å²) in [5.41, 5.74) is 0.682. The molecule has 3 N–H and O–H groups in total. The highest BCUT2D eigenvalue weighted by Gasteiger charge is 2.40. The average molecular weight is 420 g/mol. The van der Waals surface area contributed by atoms with E-state index in [1.165, 1.54) is 12.1 Å². The number of hydrogen-bond acceptors (Lipinski definition) is 6. The van der Waals surface area contributed by atoms with Gasteiger partial charge < -0.3 is 20.5 Å². The first-order chi connectivity index (χ1) is 14.9. The van der Waals surface area contributed by atoms with Gasteiger partial charge in [0.1, 0.15) is 5.75 Å². The molecule has 0 aliphatic heterocycles. The van der Waals surface area contributed by atoms with Crippen LogP contribution in [0, 0.1) is 10.1 Å². The van der Waals surface area contributed by atoms with E-state index in [1.54, 1.807) is 24.3 Å². The third kappa shape index (κ3) is 4.40. The molecule has 0 saturated heterocycles. The molecule has 1 aliphatic carbocycles. The Balaban J connectivity index is 1.57. The zero-order valence-electron chi connectivity index (χ0n) is 16.4. The molecule has 0 spiro atoms. The fourth-order valence-corrected chi connectivity index (χ4v) is 3.57. The Hall–Kier alpha value is -4.14. The van der Waals surface area contributed by atoms with Crippen LogP contribution in [-0.4, -0.2) is 21.1 Å². The summed E-state index contributed by atoms with van der Waals surface area (Å²) in [6.45, 7) is 0. The Morgan fingerprint density at radius 3 is 2.35 bits per heavy atom. The van der Waals surface area contributed by atoms with E-state index in [0.717, 1.165) is 24.8 Å². The number of para-hydroxylation sites is 1. The normalized spacial score (nSPS) is 14.2. The summed E-state index contributed by atoms with van der Waals surface area (Å²) in [5.74, 6) is 0.832. The number of carboxylic acid groups (broad SMARTS) is 1. The molecule has 0 atom stereocenters. The van der Waals surface area contributed by atoms with E-state index in [1.807, 2.05) is 30.3 Å². The lowest BCUT2D eigenvalue weighted by atomic mass is 9.72. The molecule has 2 aromatic carbocycles. The minimum atomic E-state index is -1.06. The summed E-state index contributed by atoms with van der Waals surface area (Å²) in [5, 5.41) is 26.1. The van der Waals surface area contributed by atoms with Gasteiger partial charge in [-0.05, 0) is 49.1 Å². The second-order valence-corrected chi connectivity index (χ2v) is 7.26. The van der Waals surface area contributed by atoms with Crippen molar-refractivity contribution in [1.82, 2.24) is 10.3 Å². The zero-order chi connectivity index (χ0) is 21.8. The number of nitro groups is 1. The molecule has 0 unspecified atom stereocenters. The molecule has 4 rings (SSSR count). The second-order valence-electron chi connectivity index (χ2n) is 7.26. The zero-order valence-corrected chi connectivity index (χ0v) is 16.4. The van der Waals surface area contributed by atoms with Crippen LogP contribution in [0.2, 0.25) is 0 Å². The smallest absolute Gasteiger partial charge is 0.405 e. The van der Waals surface area contributed by atoms with Crippen molar-refractivity contribution in [3.05, 3.63) is 82.4 Å². The molecule has 1 saturated carbocycles. The van der Waals surface area contributed by atoms with Gasteiger partial charge in [-0.3, -0.25) is 10.1 Å². The van der Waals surface area contributed by atoms with Crippen molar-refractivity contribution in [1.29, 1.82) is 0 Å². The van der Waals surface area contributed by atoms with Crippen LogP contribution in [0.15, 0.2) is 66.7 Å². The fraction of sp³-hybridized carbons (Fsp3) is 0.182. The van der Waals surface area contributed by atoms with Gasteiger partial charge in [-0.1, -0.05) is 30.3 Å². The highest BCUT2D eigenvalue weighted by atomic mass is 16.6. The minimum Gasteiger partial charge on any atom is -0.465 e. The molecule has 31 heavy (non-hydrogen) atoms. The Morgan fingerprint density at radius 2 is 1.77 bits per heavy atom. The lowest BCUT2D eigenvalue weighted by Gasteiger charge is -2.42. The van der Waals surface area contributed by atoms with Gasteiger partial charge in [0, 0.05) is 17.8 Å². The van der Waals surface area contributed by atoms with Crippen molar-refractivity contribution >= 4 is 23.3 Å². The van der Waals surface area contributed by atoms with Gasteiger partial charge in [0.2, 0.25) is 11.7 Å². The highest BCUT2D eigenvalue weighted by molar-refractivity contribution is 5.68. The van der Waals surface area contributed by atoms with Crippen molar-refractivity contribution < 1.29 is 19.6 Å². The molecule has 1 aliphatic rings. The van der Waals surface area contributed by atoms with Crippen molar-refractivity contribution in [2.45, 2.75) is 24.8 Å². The van der Waals surface area contributed by atoms with Gasteiger partial charge in [-0.15, -0.1) is 0 Å². The fourth-order valence-electron chi connectivity index (χ4n) is 3.57. The van der Waals surface area contributed by atoms with Crippen molar-refractivity contribution in [2.24, 2.45) is 0 Å². The van der Waals surface area contributed by atoms with Gasteiger partial charge in [0.05, 0.1) is 10.5 Å². The number of ether oxygens (including phenoxy) is 1. The summed E-state index contributed by atoms with van der Waals surface area (Å²) in [6, 6.07) is 18.9. The highest BCUT2D eigenvalue weighted by Crippen LogP contribution is 2.41. The van der Waals surface area contributed by atoms with Gasteiger partial charge in [0.25, 0.3) is 0 Å². The lowest BCUT2D eigenvalue weighted by molar-refractivity contribution is -0.384. The maximum atomic E-state index is 11.4. The summed E-state index contributed by atoms with van der Waals surface area (Å²) < 4.78 is 5.68. The average Bonchev–Trinajstić information content (AvgIpc) is 2.72. The maximum absolute atomic E-state index is 11.4. The van der Waals surface area contributed by atoms with Crippen molar-refractivity contribution in [2.75, 3.05) is 5.32 Å². The molecule has 0 bridgehead atoms. The number of amides is 1. The summed E-state index contributed by atoms with van der Waals surface area (Å²) in [4.78, 5) is 26.3. The molecular weight excluding hydrogens is 400 g/mol. The Labute approximate surface area is 177 Å². The molecule has 9 heteroatoms. The van der Waals surface area contributed by atoms with Crippen molar-refractivity contribution in [3.8, 4) is 11.6 Å². The molecular formula is C22H20N4O5. The standard InChI is InChI=1S/C22H20N4O5/c27-21(28)25-22(13-4-14-22)15-7-9-16(10-8-15)23-20-18(26(29)30)11-12-19(24-20)31-17-5-2-1-3-6-17/h1-3,5-12,25H,4,13-14H2,(H,23,24)(H,27,28). The van der Waals surface area contributed by atoms with Crippen LogP contribution in [-0.2, 0) is 5.54 Å². The number of carbonyl (C=O) groups is 1. The number of nitrogens with one attached hydrogen (secondary N) is 2. The number of nitrogens with zero attached hydrogens (tertiary/aromatic N) is 2. The largest absolute Gasteiger partial charge is 0.465 e. The van der Waals surface area contributed by atoms with Crippen molar-refractivity contribution in [3.63, 3.8) is 0 Å². The monoisotopic (exact) mass is 420 g/mol. The van der Waals surface area contributed by atoms with Crippen LogP contribution in [0.1, 0.15) is 24.8 Å². The Bertz CT molecular complexity index is 1100. The first kappa shape index (κ1) is 20.1. The van der Waals surface area contributed by atoms with Gasteiger partial charge in [-0.25, -0.2) is 4.79 Å². The summed E-state index contributed by atoms with van der Waals surface area (Å²) in [6.07, 6.45) is 1.36. The number of pyridine rings is 1. The van der Waals surface area contributed by atoms with Gasteiger partial charge >= 0.3 is 11.8 Å². The molecule has 0 radical (unpaired) electrons. The number of hydrogen-bond donors (Lipinski definition) is 3. The Kier molecular flexibility index (Phi) is 5.40. The third-order valence-electron chi connectivity index (χ3n) is 5.26. The van der Waals surface area contributed by atoms with Gasteiger partial charge in [-0.2, -0.15) is 4.98 Å². The molecule has 1 fully saturated rings. The summed E-state index contributed by atoms with van der Waals surface area (Å²) in [7, 11) is 0. The van der Waals surface area contributed by atoms with Crippen LogP contribution >= 0.6 is 0 Å². The van der Waals surface area contributed by atoms with E-state index >= 15 is 0 Å². The number of rotatable bonds is 7. The number of aromatic nitrogens is 1. The predicted octanol–water partition coefficient (Wildman–Crippen LogP) is 5.17. The number of benzene rings is 2. The third-order valence-corrected chi connectivity index (χ3v) is 5.26. The molecule has 158 valence electrons. The minimum absolute atomic E-state index is 0.0493. The van der Waals surface area contributed by atoms with E-state index in [2.05, 4.69) is 15.6 Å². The number of anilines is 2. The van der Waals surface area contributed by atoms with E-state index < -0.39 is 16.6 Å². The van der Waals surface area contributed by atoms with E-state index in [0.29, 0.717) is 11.4 Å². The second kappa shape index (κ2) is 8.31. The first-order valence-electron chi connectivity index (χ1n) is 9.72. The first-order valence-corrected chi connectivity index (χ1v) is 9.72. The summed E-state index contributed by atoms with van der Waals surface area (Å²) >= 11 is 0. The predicted molar refractivity (Wildman–Crippen MR) is 114 cm³/mol. The van der Waals surface area contributed by atoms with Crippen LogP contribution in [0.3, 0.4) is 0 Å². The van der Waals surface area contributed by atoms with Crippen LogP contribution in [0.4, 0.5) is 22.0 Å².